The molecule has 2 fully saturated rings. The number of hydrogen-bond acceptors (Lipinski definition) is 3. The lowest BCUT2D eigenvalue weighted by Gasteiger charge is -2.31. The van der Waals surface area contributed by atoms with Crippen molar-refractivity contribution >= 4 is 5.91 Å². The Kier molecular flexibility index (Phi) is 4.83. The number of nitrogens with one attached hydrogen (secondary N) is 1. The minimum atomic E-state index is -4.40. The summed E-state index contributed by atoms with van der Waals surface area (Å²) < 4.78 is 49.3. The number of hydrogen-bond donors (Lipinski definition) is 1. The fourth-order valence-electron chi connectivity index (χ4n) is 3.19. The van der Waals surface area contributed by atoms with Crippen molar-refractivity contribution in [3.05, 3.63) is 35.4 Å². The second-order valence-corrected chi connectivity index (χ2v) is 6.31. The van der Waals surface area contributed by atoms with E-state index in [-0.39, 0.29) is 18.2 Å². The molecular formula is C17H20F3NO3. The third-order valence-corrected chi connectivity index (χ3v) is 4.49. The molecule has 1 aromatic carbocycles. The van der Waals surface area contributed by atoms with Crippen LogP contribution in [0, 0.1) is 0 Å². The van der Waals surface area contributed by atoms with Crippen molar-refractivity contribution in [2.75, 3.05) is 13.2 Å². The maximum absolute atomic E-state index is 12.5. The number of halogens is 3. The van der Waals surface area contributed by atoms with E-state index >= 15 is 0 Å². The Hall–Kier alpha value is -1.60. The zero-order chi connectivity index (χ0) is 17.2. The van der Waals surface area contributed by atoms with Gasteiger partial charge < -0.3 is 14.8 Å². The van der Waals surface area contributed by atoms with Crippen LogP contribution in [0.25, 0.3) is 0 Å². The molecule has 0 bridgehead atoms. The normalized spacial score (nSPS) is 23.4. The highest BCUT2D eigenvalue weighted by Crippen LogP contribution is 2.37. The number of ether oxygens (including phenoxy) is 2. The summed E-state index contributed by atoms with van der Waals surface area (Å²) in [7, 11) is 0. The summed E-state index contributed by atoms with van der Waals surface area (Å²) in [6, 6.07) is 4.15. The SMILES string of the molecule is O=C(NCC1COC2(CCCCC2)O1)c1ccc(C(F)(F)F)cc1. The Balaban J connectivity index is 1.51. The van der Waals surface area contributed by atoms with Crippen molar-refractivity contribution in [1.82, 2.24) is 5.32 Å². The van der Waals surface area contributed by atoms with Gasteiger partial charge in [-0.15, -0.1) is 0 Å². The van der Waals surface area contributed by atoms with Crippen LogP contribution in [0.15, 0.2) is 24.3 Å². The Bertz CT molecular complexity index is 580. The van der Waals surface area contributed by atoms with Gasteiger partial charge in [0.2, 0.25) is 0 Å². The van der Waals surface area contributed by atoms with Crippen LogP contribution in [0.2, 0.25) is 0 Å². The van der Waals surface area contributed by atoms with Gasteiger partial charge in [0, 0.05) is 24.9 Å². The van der Waals surface area contributed by atoms with Gasteiger partial charge in [-0.2, -0.15) is 13.2 Å². The number of benzene rings is 1. The lowest BCUT2D eigenvalue weighted by Crippen LogP contribution is -2.37. The molecular weight excluding hydrogens is 323 g/mol. The van der Waals surface area contributed by atoms with E-state index in [1.165, 1.54) is 18.6 Å². The maximum atomic E-state index is 12.5. The summed E-state index contributed by atoms with van der Waals surface area (Å²) in [6.07, 6.45) is 0.450. The van der Waals surface area contributed by atoms with Gasteiger partial charge >= 0.3 is 6.18 Å². The predicted molar refractivity (Wildman–Crippen MR) is 80.4 cm³/mol. The first-order chi connectivity index (χ1) is 11.4. The van der Waals surface area contributed by atoms with Crippen molar-refractivity contribution in [3.8, 4) is 0 Å². The second-order valence-electron chi connectivity index (χ2n) is 6.31. The Labute approximate surface area is 138 Å². The molecule has 1 heterocycles. The van der Waals surface area contributed by atoms with Crippen molar-refractivity contribution in [2.45, 2.75) is 50.2 Å². The average molecular weight is 343 g/mol. The van der Waals surface area contributed by atoms with Gasteiger partial charge in [-0.05, 0) is 37.1 Å². The summed E-state index contributed by atoms with van der Waals surface area (Å²) in [6.45, 7) is 0.703. The molecule has 2 aliphatic rings. The molecule has 1 atom stereocenters. The minimum absolute atomic E-state index is 0.189. The highest BCUT2D eigenvalue weighted by molar-refractivity contribution is 5.94. The molecule has 3 rings (SSSR count). The Morgan fingerprint density at radius 3 is 2.46 bits per heavy atom. The van der Waals surface area contributed by atoms with Crippen LogP contribution in [0.5, 0.6) is 0 Å². The molecule has 1 saturated carbocycles. The predicted octanol–water partition coefficient (Wildman–Crippen LogP) is 3.51. The van der Waals surface area contributed by atoms with Crippen LogP contribution in [-0.2, 0) is 15.7 Å². The van der Waals surface area contributed by atoms with E-state index in [1.54, 1.807) is 0 Å². The molecule has 24 heavy (non-hydrogen) atoms. The quantitative estimate of drug-likeness (QED) is 0.914. The number of carbonyl (C=O) groups is 1. The first-order valence-corrected chi connectivity index (χ1v) is 8.15. The standard InChI is InChI=1S/C17H20F3NO3/c18-17(19,20)13-6-4-12(5-7-13)15(22)21-10-14-11-23-16(24-14)8-2-1-3-9-16/h4-7,14H,1-3,8-11H2,(H,21,22). The third kappa shape index (κ3) is 3.89. The fraction of sp³-hybridized carbons (Fsp3) is 0.588. The summed E-state index contributed by atoms with van der Waals surface area (Å²) in [5, 5.41) is 2.70. The fourth-order valence-corrected chi connectivity index (χ4v) is 3.19. The zero-order valence-electron chi connectivity index (χ0n) is 13.2. The van der Waals surface area contributed by atoms with Crippen LogP contribution in [0.4, 0.5) is 13.2 Å². The number of rotatable bonds is 3. The molecule has 1 spiro atoms. The lowest BCUT2D eigenvalue weighted by atomic mass is 9.94. The molecule has 132 valence electrons. The molecule has 1 aromatic rings. The van der Waals surface area contributed by atoms with Gasteiger partial charge in [0.15, 0.2) is 5.79 Å². The van der Waals surface area contributed by atoms with Crippen LogP contribution < -0.4 is 5.32 Å². The van der Waals surface area contributed by atoms with E-state index < -0.39 is 23.4 Å². The maximum Gasteiger partial charge on any atom is 0.416 e. The molecule has 0 aromatic heterocycles. The van der Waals surface area contributed by atoms with Crippen LogP contribution >= 0.6 is 0 Å². The molecule has 1 unspecified atom stereocenters. The number of alkyl halides is 3. The van der Waals surface area contributed by atoms with Gasteiger partial charge in [-0.25, -0.2) is 0 Å². The van der Waals surface area contributed by atoms with Crippen LogP contribution in [-0.4, -0.2) is 30.9 Å². The molecule has 0 radical (unpaired) electrons. The summed E-state index contributed by atoms with van der Waals surface area (Å²) >= 11 is 0. The molecule has 1 saturated heterocycles. The minimum Gasteiger partial charge on any atom is -0.349 e. The van der Waals surface area contributed by atoms with E-state index in [2.05, 4.69) is 5.32 Å². The summed E-state index contributed by atoms with van der Waals surface area (Å²) in [5.74, 6) is -0.918. The van der Waals surface area contributed by atoms with Crippen LogP contribution in [0.1, 0.15) is 48.0 Å². The lowest BCUT2D eigenvalue weighted by molar-refractivity contribution is -0.186. The van der Waals surface area contributed by atoms with Gasteiger partial charge in [0.05, 0.1) is 12.2 Å². The van der Waals surface area contributed by atoms with Gasteiger partial charge in [-0.1, -0.05) is 6.42 Å². The Morgan fingerprint density at radius 1 is 1.17 bits per heavy atom. The number of carbonyl (C=O) groups excluding carboxylic acids is 1. The molecule has 1 aliphatic carbocycles. The van der Waals surface area contributed by atoms with E-state index in [0.29, 0.717) is 6.61 Å². The molecule has 1 amide bonds. The van der Waals surface area contributed by atoms with Gasteiger partial charge in [0.1, 0.15) is 6.10 Å². The van der Waals surface area contributed by atoms with Gasteiger partial charge in [-0.3, -0.25) is 4.79 Å². The van der Waals surface area contributed by atoms with Crippen molar-refractivity contribution in [3.63, 3.8) is 0 Å². The van der Waals surface area contributed by atoms with Crippen molar-refractivity contribution in [2.24, 2.45) is 0 Å². The topological polar surface area (TPSA) is 47.6 Å². The summed E-state index contributed by atoms with van der Waals surface area (Å²) in [5.41, 5.74) is -0.583. The summed E-state index contributed by atoms with van der Waals surface area (Å²) in [4.78, 5) is 12.0. The average Bonchev–Trinajstić information content (AvgIpc) is 2.95. The van der Waals surface area contributed by atoms with E-state index in [0.717, 1.165) is 37.8 Å². The van der Waals surface area contributed by atoms with E-state index in [4.69, 9.17) is 9.47 Å². The largest absolute Gasteiger partial charge is 0.416 e. The van der Waals surface area contributed by atoms with Crippen LogP contribution in [0.3, 0.4) is 0 Å². The molecule has 4 nitrogen and oxygen atoms in total. The zero-order valence-corrected chi connectivity index (χ0v) is 13.2. The number of amides is 1. The Morgan fingerprint density at radius 2 is 1.83 bits per heavy atom. The highest BCUT2D eigenvalue weighted by atomic mass is 19.4. The monoisotopic (exact) mass is 343 g/mol. The first-order valence-electron chi connectivity index (χ1n) is 8.15. The molecule has 7 heteroatoms. The second kappa shape index (κ2) is 6.72. The first kappa shape index (κ1) is 17.2. The van der Waals surface area contributed by atoms with Crippen molar-refractivity contribution < 1.29 is 27.4 Å². The van der Waals surface area contributed by atoms with E-state index in [9.17, 15) is 18.0 Å². The smallest absolute Gasteiger partial charge is 0.349 e. The van der Waals surface area contributed by atoms with Gasteiger partial charge in [0.25, 0.3) is 5.91 Å². The van der Waals surface area contributed by atoms with E-state index in [1.807, 2.05) is 0 Å². The molecule has 1 aliphatic heterocycles. The third-order valence-electron chi connectivity index (χ3n) is 4.49. The highest BCUT2D eigenvalue weighted by Gasteiger charge is 2.42. The molecule has 1 N–H and O–H groups in total. The van der Waals surface area contributed by atoms with Crippen molar-refractivity contribution in [1.29, 1.82) is 0 Å².